The zero-order valence-corrected chi connectivity index (χ0v) is 13.1. The van der Waals surface area contributed by atoms with Gasteiger partial charge in [-0.1, -0.05) is 30.3 Å². The predicted molar refractivity (Wildman–Crippen MR) is 88.4 cm³/mol. The number of imide groups is 1. The second-order valence-electron chi connectivity index (χ2n) is 5.31. The van der Waals surface area contributed by atoms with Gasteiger partial charge in [-0.15, -0.1) is 10.2 Å². The lowest BCUT2D eigenvalue weighted by Crippen LogP contribution is -2.45. The van der Waals surface area contributed by atoms with E-state index in [4.69, 9.17) is 5.11 Å². The van der Waals surface area contributed by atoms with Crippen LogP contribution in [-0.4, -0.2) is 37.8 Å². The number of hydrogen-bond acceptors (Lipinski definition) is 5. The molecule has 3 aromatic rings. The molecule has 0 fully saturated rings. The monoisotopic (exact) mass is 338 g/mol. The second-order valence-corrected chi connectivity index (χ2v) is 5.31. The molecule has 126 valence electrons. The molecule has 0 saturated heterocycles. The fourth-order valence-electron chi connectivity index (χ4n) is 2.41. The normalized spacial score (nSPS) is 10.6. The van der Waals surface area contributed by atoms with Crippen molar-refractivity contribution in [2.24, 2.45) is 0 Å². The van der Waals surface area contributed by atoms with Gasteiger partial charge in [0.15, 0.2) is 0 Å². The van der Waals surface area contributed by atoms with E-state index in [9.17, 15) is 14.4 Å². The van der Waals surface area contributed by atoms with Gasteiger partial charge >= 0.3 is 5.97 Å². The lowest BCUT2D eigenvalue weighted by molar-refractivity contribution is -0.138. The predicted octanol–water partition coefficient (Wildman–Crippen LogP) is 1.60. The Morgan fingerprint density at radius 2 is 1.64 bits per heavy atom. The first-order valence-electron chi connectivity index (χ1n) is 7.49. The Morgan fingerprint density at radius 3 is 2.32 bits per heavy atom. The first-order chi connectivity index (χ1) is 12.1. The van der Waals surface area contributed by atoms with Crippen LogP contribution in [0.5, 0.6) is 0 Å². The molecule has 0 bridgehead atoms. The Kier molecular flexibility index (Phi) is 4.51. The molecule has 1 heterocycles. The van der Waals surface area contributed by atoms with Gasteiger partial charge in [0.25, 0.3) is 5.91 Å². The van der Waals surface area contributed by atoms with E-state index in [2.05, 4.69) is 10.2 Å². The number of hydrogen-bond donors (Lipinski definition) is 1. The number of amides is 2. The van der Waals surface area contributed by atoms with Crippen LogP contribution in [0, 0.1) is 0 Å². The van der Waals surface area contributed by atoms with Gasteiger partial charge in [-0.25, -0.2) is 4.68 Å². The SMILES string of the molecule is O=C(O)CCC(=O)N(C(=O)c1ccc2ccccc2c1)n1cnnc1. The van der Waals surface area contributed by atoms with Gasteiger partial charge in [-0.2, -0.15) is 5.01 Å². The first-order valence-corrected chi connectivity index (χ1v) is 7.49. The minimum Gasteiger partial charge on any atom is -0.481 e. The van der Waals surface area contributed by atoms with Gasteiger partial charge in [0.1, 0.15) is 12.7 Å². The summed E-state index contributed by atoms with van der Waals surface area (Å²) in [5.74, 6) is -2.35. The molecule has 0 spiro atoms. The molecule has 0 atom stereocenters. The second kappa shape index (κ2) is 6.91. The number of nitrogens with zero attached hydrogens (tertiary/aromatic N) is 4. The molecule has 3 rings (SSSR count). The summed E-state index contributed by atoms with van der Waals surface area (Å²) in [5.41, 5.74) is 0.302. The molecule has 2 amide bonds. The number of carboxylic acid groups (broad SMARTS) is 1. The Morgan fingerprint density at radius 1 is 0.960 bits per heavy atom. The zero-order chi connectivity index (χ0) is 17.8. The molecule has 8 heteroatoms. The third-order valence-corrected chi connectivity index (χ3v) is 3.62. The van der Waals surface area contributed by atoms with Crippen LogP contribution in [0.25, 0.3) is 10.8 Å². The molecule has 0 unspecified atom stereocenters. The number of rotatable bonds is 5. The molecule has 2 aromatic carbocycles. The molecule has 0 saturated carbocycles. The highest BCUT2D eigenvalue weighted by Crippen LogP contribution is 2.17. The van der Waals surface area contributed by atoms with Gasteiger partial charge in [-0.05, 0) is 22.9 Å². The number of carbonyl (C=O) groups is 3. The maximum absolute atomic E-state index is 12.9. The number of carbonyl (C=O) groups excluding carboxylic acids is 2. The Balaban J connectivity index is 1.95. The van der Waals surface area contributed by atoms with Crippen molar-refractivity contribution in [3.63, 3.8) is 0 Å². The number of aliphatic carboxylic acids is 1. The van der Waals surface area contributed by atoms with Gasteiger partial charge in [-0.3, -0.25) is 14.4 Å². The van der Waals surface area contributed by atoms with E-state index >= 15 is 0 Å². The third kappa shape index (κ3) is 3.52. The van der Waals surface area contributed by atoms with Crippen LogP contribution in [0.1, 0.15) is 23.2 Å². The van der Waals surface area contributed by atoms with Crippen LogP contribution in [-0.2, 0) is 9.59 Å². The van der Waals surface area contributed by atoms with Crippen molar-refractivity contribution in [3.05, 3.63) is 60.7 Å². The van der Waals surface area contributed by atoms with Crippen LogP contribution in [0.2, 0.25) is 0 Å². The zero-order valence-electron chi connectivity index (χ0n) is 13.1. The molecule has 8 nitrogen and oxygen atoms in total. The van der Waals surface area contributed by atoms with Crippen LogP contribution in [0.15, 0.2) is 55.1 Å². The number of benzene rings is 2. The van der Waals surface area contributed by atoms with E-state index < -0.39 is 17.8 Å². The molecule has 0 radical (unpaired) electrons. The van der Waals surface area contributed by atoms with Gasteiger partial charge in [0.05, 0.1) is 6.42 Å². The van der Waals surface area contributed by atoms with Crippen LogP contribution >= 0.6 is 0 Å². The van der Waals surface area contributed by atoms with E-state index in [0.717, 1.165) is 20.5 Å². The minimum absolute atomic E-state index is 0.302. The van der Waals surface area contributed by atoms with Gasteiger partial charge < -0.3 is 5.11 Å². The van der Waals surface area contributed by atoms with E-state index in [0.29, 0.717) is 5.56 Å². The molecular formula is C17H14N4O4. The highest BCUT2D eigenvalue weighted by Gasteiger charge is 2.25. The molecule has 1 aromatic heterocycles. The van der Waals surface area contributed by atoms with Crippen molar-refractivity contribution in [2.75, 3.05) is 5.01 Å². The summed E-state index contributed by atoms with van der Waals surface area (Å²) < 4.78 is 1.14. The van der Waals surface area contributed by atoms with Crippen LogP contribution in [0.3, 0.4) is 0 Å². The van der Waals surface area contributed by atoms with Gasteiger partial charge in [0.2, 0.25) is 5.91 Å². The highest BCUT2D eigenvalue weighted by atomic mass is 16.4. The van der Waals surface area contributed by atoms with Crippen molar-refractivity contribution in [1.82, 2.24) is 14.9 Å². The summed E-state index contributed by atoms with van der Waals surface area (Å²) in [7, 11) is 0. The summed E-state index contributed by atoms with van der Waals surface area (Å²) in [6, 6.07) is 12.6. The van der Waals surface area contributed by atoms with Crippen molar-refractivity contribution in [1.29, 1.82) is 0 Å². The fraction of sp³-hybridized carbons (Fsp3) is 0.118. The topological polar surface area (TPSA) is 105 Å². The van der Waals surface area contributed by atoms with E-state index in [1.54, 1.807) is 18.2 Å². The maximum Gasteiger partial charge on any atom is 0.303 e. The summed E-state index contributed by atoms with van der Waals surface area (Å²) in [4.78, 5) is 36.0. The third-order valence-electron chi connectivity index (χ3n) is 3.62. The molecule has 0 aliphatic heterocycles. The van der Waals surface area contributed by atoms with E-state index in [-0.39, 0.29) is 12.8 Å². The quantitative estimate of drug-likeness (QED) is 0.757. The van der Waals surface area contributed by atoms with Gasteiger partial charge in [0, 0.05) is 12.0 Å². The summed E-state index contributed by atoms with van der Waals surface area (Å²) in [6.45, 7) is 0. The Bertz CT molecular complexity index is 937. The molecular weight excluding hydrogens is 324 g/mol. The summed E-state index contributed by atoms with van der Waals surface area (Å²) >= 11 is 0. The number of carboxylic acids is 1. The largest absolute Gasteiger partial charge is 0.481 e. The molecule has 1 N–H and O–H groups in total. The lowest BCUT2D eigenvalue weighted by Gasteiger charge is -2.20. The van der Waals surface area contributed by atoms with Crippen molar-refractivity contribution >= 4 is 28.6 Å². The van der Waals surface area contributed by atoms with Crippen molar-refractivity contribution < 1.29 is 19.5 Å². The summed E-state index contributed by atoms with van der Waals surface area (Å²) in [5, 5.41) is 18.6. The average Bonchev–Trinajstić information content (AvgIpc) is 3.13. The fourth-order valence-corrected chi connectivity index (χ4v) is 2.41. The smallest absolute Gasteiger partial charge is 0.303 e. The molecule has 0 aliphatic rings. The molecule has 25 heavy (non-hydrogen) atoms. The minimum atomic E-state index is -1.12. The van der Waals surface area contributed by atoms with E-state index in [1.165, 1.54) is 12.7 Å². The standard InChI is InChI=1S/C17H14N4O4/c22-15(7-8-16(23)24)21(20-10-18-19-11-20)17(25)14-6-5-12-3-1-2-4-13(12)9-14/h1-6,9-11H,7-8H2,(H,23,24). The summed E-state index contributed by atoms with van der Waals surface area (Å²) in [6.07, 6.45) is 1.73. The van der Waals surface area contributed by atoms with Crippen LogP contribution < -0.4 is 5.01 Å². The maximum atomic E-state index is 12.9. The lowest BCUT2D eigenvalue weighted by atomic mass is 10.1. The molecule has 0 aliphatic carbocycles. The Labute approximate surface area is 142 Å². The van der Waals surface area contributed by atoms with Crippen molar-refractivity contribution in [3.8, 4) is 0 Å². The van der Waals surface area contributed by atoms with Crippen LogP contribution in [0.4, 0.5) is 0 Å². The van der Waals surface area contributed by atoms with Crippen molar-refractivity contribution in [2.45, 2.75) is 12.8 Å². The first kappa shape index (κ1) is 16.3. The average molecular weight is 338 g/mol. The number of fused-ring (bicyclic) bond motifs is 1. The highest BCUT2D eigenvalue weighted by molar-refractivity contribution is 6.16. The number of aromatic nitrogens is 3. The van der Waals surface area contributed by atoms with E-state index in [1.807, 2.05) is 24.3 Å². The Hall–Kier alpha value is -3.55.